The minimum Gasteiger partial charge on any atom is -0.481 e. The molecule has 0 aliphatic rings. The van der Waals surface area contributed by atoms with Crippen molar-refractivity contribution in [2.24, 2.45) is 0 Å². The van der Waals surface area contributed by atoms with Crippen molar-refractivity contribution in [3.63, 3.8) is 0 Å². The molecule has 1 rings (SSSR count). The predicted molar refractivity (Wildman–Crippen MR) is 61.8 cm³/mol. The Morgan fingerprint density at radius 1 is 1.50 bits per heavy atom. The summed E-state index contributed by atoms with van der Waals surface area (Å²) in [6.07, 6.45) is -0.201. The van der Waals surface area contributed by atoms with Crippen LogP contribution in [-0.4, -0.2) is 16.0 Å². The zero-order valence-electron chi connectivity index (χ0n) is 8.57. The van der Waals surface area contributed by atoms with Gasteiger partial charge in [0.1, 0.15) is 0 Å². The monoisotopic (exact) mass is 287 g/mol. The highest BCUT2D eigenvalue weighted by molar-refractivity contribution is 9.08. The summed E-state index contributed by atoms with van der Waals surface area (Å²) in [5.74, 6) is -0.996. The van der Waals surface area contributed by atoms with Gasteiger partial charge in [-0.15, -0.1) is 0 Å². The standard InChI is InChI=1S/C10H10BrNO4/c1-6-7(4-10(13)14)2-9(12(15)16)3-8(6)5-11/h2-3H,4-5H2,1H3,(H,13,14). The van der Waals surface area contributed by atoms with Gasteiger partial charge < -0.3 is 5.11 Å². The molecule has 0 saturated heterocycles. The summed E-state index contributed by atoms with van der Waals surface area (Å²) >= 11 is 3.22. The summed E-state index contributed by atoms with van der Waals surface area (Å²) in [5.41, 5.74) is 1.93. The van der Waals surface area contributed by atoms with Crippen LogP contribution < -0.4 is 0 Å². The van der Waals surface area contributed by atoms with E-state index in [-0.39, 0.29) is 12.1 Å². The molecule has 0 aromatic heterocycles. The van der Waals surface area contributed by atoms with Gasteiger partial charge in [-0.1, -0.05) is 15.9 Å². The molecule has 0 heterocycles. The Balaban J connectivity index is 3.29. The van der Waals surface area contributed by atoms with Gasteiger partial charge in [0.25, 0.3) is 5.69 Å². The van der Waals surface area contributed by atoms with Gasteiger partial charge in [0.15, 0.2) is 0 Å². The smallest absolute Gasteiger partial charge is 0.307 e. The minimum atomic E-state index is -0.996. The van der Waals surface area contributed by atoms with Gasteiger partial charge in [-0.2, -0.15) is 0 Å². The molecule has 0 fully saturated rings. The molecule has 0 aliphatic carbocycles. The van der Waals surface area contributed by atoms with E-state index in [1.165, 1.54) is 12.1 Å². The Morgan fingerprint density at radius 2 is 2.06 bits per heavy atom. The van der Waals surface area contributed by atoms with Crippen LogP contribution in [0.15, 0.2) is 12.1 Å². The molecule has 16 heavy (non-hydrogen) atoms. The fourth-order valence-corrected chi connectivity index (χ4v) is 1.99. The maximum Gasteiger partial charge on any atom is 0.307 e. The minimum absolute atomic E-state index is 0.0729. The van der Waals surface area contributed by atoms with Crippen LogP contribution in [0.2, 0.25) is 0 Å². The van der Waals surface area contributed by atoms with Crippen LogP contribution in [-0.2, 0) is 16.5 Å². The third kappa shape index (κ3) is 2.79. The first kappa shape index (κ1) is 12.6. The number of hydrogen-bond donors (Lipinski definition) is 1. The number of halogens is 1. The van der Waals surface area contributed by atoms with Crippen LogP contribution >= 0.6 is 15.9 Å². The molecule has 1 N–H and O–H groups in total. The molecule has 0 bridgehead atoms. The average Bonchev–Trinajstić information content (AvgIpc) is 2.20. The molecular formula is C10H10BrNO4. The highest BCUT2D eigenvalue weighted by Crippen LogP contribution is 2.24. The van der Waals surface area contributed by atoms with Crippen molar-refractivity contribution < 1.29 is 14.8 Å². The average molecular weight is 288 g/mol. The Bertz CT molecular complexity index is 445. The van der Waals surface area contributed by atoms with E-state index < -0.39 is 10.9 Å². The Morgan fingerprint density at radius 3 is 2.50 bits per heavy atom. The molecule has 0 aliphatic heterocycles. The molecular weight excluding hydrogens is 278 g/mol. The second kappa shape index (κ2) is 5.07. The maximum atomic E-state index is 10.7. The lowest BCUT2D eigenvalue weighted by molar-refractivity contribution is -0.385. The van der Waals surface area contributed by atoms with Gasteiger partial charge in [-0.05, 0) is 23.6 Å². The number of carbonyl (C=O) groups is 1. The van der Waals surface area contributed by atoms with E-state index in [9.17, 15) is 14.9 Å². The van der Waals surface area contributed by atoms with Gasteiger partial charge in [0.2, 0.25) is 0 Å². The number of carboxylic acids is 1. The summed E-state index contributed by atoms with van der Waals surface area (Å²) in [4.78, 5) is 20.8. The van der Waals surface area contributed by atoms with Crippen molar-refractivity contribution in [2.75, 3.05) is 0 Å². The lowest BCUT2D eigenvalue weighted by atomic mass is 10.00. The van der Waals surface area contributed by atoms with E-state index in [2.05, 4.69) is 15.9 Å². The summed E-state index contributed by atoms with van der Waals surface area (Å²) in [6, 6.07) is 2.77. The number of benzene rings is 1. The maximum absolute atomic E-state index is 10.7. The quantitative estimate of drug-likeness (QED) is 0.524. The Hall–Kier alpha value is -1.43. The lowest BCUT2D eigenvalue weighted by Crippen LogP contribution is -2.05. The summed E-state index contributed by atoms with van der Waals surface area (Å²) in [5, 5.41) is 19.8. The number of rotatable bonds is 4. The Kier molecular flexibility index (Phi) is 4.00. The van der Waals surface area contributed by atoms with Gasteiger partial charge in [-0.3, -0.25) is 14.9 Å². The van der Waals surface area contributed by atoms with E-state index in [4.69, 9.17) is 5.11 Å². The molecule has 6 heteroatoms. The highest BCUT2D eigenvalue weighted by Gasteiger charge is 2.15. The summed E-state index contributed by atoms with van der Waals surface area (Å²) in [7, 11) is 0. The van der Waals surface area contributed by atoms with Crippen LogP contribution in [0.3, 0.4) is 0 Å². The zero-order chi connectivity index (χ0) is 12.3. The topological polar surface area (TPSA) is 80.4 Å². The molecule has 1 aromatic carbocycles. The summed E-state index contributed by atoms with van der Waals surface area (Å²) in [6.45, 7) is 1.76. The highest BCUT2D eigenvalue weighted by atomic mass is 79.9. The molecule has 0 radical (unpaired) electrons. The number of non-ortho nitro benzene ring substituents is 1. The second-order valence-corrected chi connectivity index (χ2v) is 3.91. The van der Waals surface area contributed by atoms with Crippen molar-refractivity contribution >= 4 is 27.6 Å². The van der Waals surface area contributed by atoms with Crippen molar-refractivity contribution in [2.45, 2.75) is 18.7 Å². The van der Waals surface area contributed by atoms with E-state index in [1.54, 1.807) is 6.92 Å². The Labute approximate surface area is 100 Å². The SMILES string of the molecule is Cc1c(CBr)cc([N+](=O)[O-])cc1CC(=O)O. The van der Waals surface area contributed by atoms with Crippen molar-refractivity contribution in [1.82, 2.24) is 0 Å². The number of nitro groups is 1. The first-order chi connectivity index (χ1) is 7.45. The number of nitrogens with zero attached hydrogens (tertiary/aromatic N) is 1. The van der Waals surface area contributed by atoms with Crippen LogP contribution in [0.25, 0.3) is 0 Å². The van der Waals surface area contributed by atoms with Gasteiger partial charge in [0, 0.05) is 17.5 Å². The second-order valence-electron chi connectivity index (χ2n) is 3.35. The van der Waals surface area contributed by atoms with Gasteiger partial charge in [0.05, 0.1) is 11.3 Å². The van der Waals surface area contributed by atoms with Crippen molar-refractivity contribution in [1.29, 1.82) is 0 Å². The van der Waals surface area contributed by atoms with Gasteiger partial charge >= 0.3 is 5.97 Å². The molecule has 1 aromatic rings. The predicted octanol–water partition coefficient (Wildman–Crippen LogP) is 2.43. The number of nitro benzene ring substituents is 1. The molecule has 5 nitrogen and oxygen atoms in total. The van der Waals surface area contributed by atoms with E-state index in [1.807, 2.05) is 0 Å². The molecule has 0 saturated carbocycles. The fourth-order valence-electron chi connectivity index (χ4n) is 1.41. The third-order valence-electron chi connectivity index (χ3n) is 2.30. The van der Waals surface area contributed by atoms with Crippen molar-refractivity contribution in [3.05, 3.63) is 38.9 Å². The lowest BCUT2D eigenvalue weighted by Gasteiger charge is -2.07. The molecule has 0 amide bonds. The largest absolute Gasteiger partial charge is 0.481 e. The van der Waals surface area contributed by atoms with Crippen LogP contribution in [0.5, 0.6) is 0 Å². The molecule has 86 valence electrons. The van der Waals surface area contributed by atoms with Crippen LogP contribution in [0.4, 0.5) is 5.69 Å². The fraction of sp³-hybridized carbons (Fsp3) is 0.300. The number of aliphatic carboxylic acids is 1. The van der Waals surface area contributed by atoms with E-state index in [0.717, 1.165) is 11.1 Å². The van der Waals surface area contributed by atoms with Crippen molar-refractivity contribution in [3.8, 4) is 0 Å². The number of alkyl halides is 1. The first-order valence-corrected chi connectivity index (χ1v) is 5.62. The number of hydrogen-bond acceptors (Lipinski definition) is 3. The number of carboxylic acid groups (broad SMARTS) is 1. The van der Waals surface area contributed by atoms with E-state index >= 15 is 0 Å². The third-order valence-corrected chi connectivity index (χ3v) is 2.91. The first-order valence-electron chi connectivity index (χ1n) is 4.50. The van der Waals surface area contributed by atoms with Crippen LogP contribution in [0, 0.1) is 17.0 Å². The van der Waals surface area contributed by atoms with Crippen LogP contribution in [0.1, 0.15) is 16.7 Å². The molecule has 0 unspecified atom stereocenters. The normalized spacial score (nSPS) is 10.1. The molecule has 0 spiro atoms. The molecule has 0 atom stereocenters. The van der Waals surface area contributed by atoms with Gasteiger partial charge in [-0.25, -0.2) is 0 Å². The zero-order valence-corrected chi connectivity index (χ0v) is 10.2. The summed E-state index contributed by atoms with van der Waals surface area (Å²) < 4.78 is 0. The van der Waals surface area contributed by atoms with E-state index in [0.29, 0.717) is 10.9 Å².